The van der Waals surface area contributed by atoms with Gasteiger partial charge in [-0.05, 0) is 19.3 Å². The monoisotopic (exact) mass is 240 g/mol. The van der Waals surface area contributed by atoms with Crippen molar-refractivity contribution in [1.82, 2.24) is 10.2 Å². The number of methoxy groups -OCH3 is 1. The van der Waals surface area contributed by atoms with E-state index < -0.39 is 0 Å². The lowest BCUT2D eigenvalue weighted by Gasteiger charge is -2.20. The van der Waals surface area contributed by atoms with Gasteiger partial charge >= 0.3 is 0 Å². The molecular weight excluding hydrogens is 212 g/mol. The van der Waals surface area contributed by atoms with Crippen molar-refractivity contribution >= 4 is 0 Å². The number of nitrogens with zero attached hydrogens (tertiary/aromatic N) is 1. The molecular formula is C14H28N2O. The van der Waals surface area contributed by atoms with Gasteiger partial charge in [0.05, 0.1) is 6.10 Å². The van der Waals surface area contributed by atoms with Crippen molar-refractivity contribution in [3.8, 4) is 0 Å². The van der Waals surface area contributed by atoms with Crippen LogP contribution in [0.25, 0.3) is 0 Å². The standard InChI is InChI=1S/C14H28N2O/c1-17-14-8-10-16(12-14)11-9-15-13-6-4-2-3-5-7-13/h13-15H,2-12H2,1H3. The van der Waals surface area contributed by atoms with Crippen molar-refractivity contribution in [2.24, 2.45) is 0 Å². The fourth-order valence-corrected chi connectivity index (χ4v) is 3.10. The summed E-state index contributed by atoms with van der Waals surface area (Å²) in [5, 5.41) is 3.74. The van der Waals surface area contributed by atoms with Crippen molar-refractivity contribution in [2.75, 3.05) is 33.3 Å². The first-order valence-electron chi connectivity index (χ1n) is 7.37. The number of ether oxygens (including phenoxy) is 1. The molecule has 0 aromatic heterocycles. The van der Waals surface area contributed by atoms with Crippen molar-refractivity contribution in [1.29, 1.82) is 0 Å². The Morgan fingerprint density at radius 2 is 1.88 bits per heavy atom. The van der Waals surface area contributed by atoms with Gasteiger partial charge in [-0.3, -0.25) is 4.90 Å². The highest BCUT2D eigenvalue weighted by atomic mass is 16.5. The third kappa shape index (κ3) is 4.57. The molecule has 1 heterocycles. The minimum atomic E-state index is 0.480. The highest BCUT2D eigenvalue weighted by Gasteiger charge is 2.21. The number of likely N-dealkylation sites (tertiary alicyclic amines) is 1. The second kappa shape index (κ2) is 7.34. The third-order valence-electron chi connectivity index (χ3n) is 4.28. The van der Waals surface area contributed by atoms with E-state index in [-0.39, 0.29) is 0 Å². The number of rotatable bonds is 5. The molecule has 1 unspecified atom stereocenters. The molecule has 3 nitrogen and oxygen atoms in total. The molecule has 1 saturated carbocycles. The molecule has 0 aromatic rings. The van der Waals surface area contributed by atoms with Crippen molar-refractivity contribution < 1.29 is 4.74 Å². The summed E-state index contributed by atoms with van der Waals surface area (Å²) in [6, 6.07) is 0.790. The first-order chi connectivity index (χ1) is 8.38. The Morgan fingerprint density at radius 3 is 2.53 bits per heavy atom. The minimum Gasteiger partial charge on any atom is -0.380 e. The Kier molecular flexibility index (Phi) is 5.75. The third-order valence-corrected chi connectivity index (χ3v) is 4.28. The van der Waals surface area contributed by atoms with Gasteiger partial charge in [-0.1, -0.05) is 25.7 Å². The van der Waals surface area contributed by atoms with Gasteiger partial charge in [-0.25, -0.2) is 0 Å². The summed E-state index contributed by atoms with van der Waals surface area (Å²) in [7, 11) is 1.83. The van der Waals surface area contributed by atoms with Gasteiger partial charge in [0.1, 0.15) is 0 Å². The lowest BCUT2D eigenvalue weighted by atomic mass is 10.1. The molecule has 0 aromatic carbocycles. The van der Waals surface area contributed by atoms with Crippen LogP contribution in [0.1, 0.15) is 44.9 Å². The summed E-state index contributed by atoms with van der Waals surface area (Å²) < 4.78 is 5.39. The molecule has 0 amide bonds. The van der Waals surface area contributed by atoms with E-state index in [1.807, 2.05) is 7.11 Å². The molecule has 1 atom stereocenters. The highest BCUT2D eigenvalue weighted by molar-refractivity contribution is 4.77. The SMILES string of the molecule is COC1CCN(CCNC2CCCCCC2)C1. The maximum atomic E-state index is 5.39. The molecule has 1 aliphatic carbocycles. The highest BCUT2D eigenvalue weighted by Crippen LogP contribution is 2.17. The summed E-state index contributed by atoms with van der Waals surface area (Å²) >= 11 is 0. The zero-order chi connectivity index (χ0) is 11.9. The molecule has 0 bridgehead atoms. The Bertz CT molecular complexity index is 202. The van der Waals surface area contributed by atoms with E-state index in [4.69, 9.17) is 4.74 Å². The number of nitrogens with one attached hydrogen (secondary N) is 1. The second-order valence-corrected chi connectivity index (χ2v) is 5.59. The van der Waals surface area contributed by atoms with Crippen LogP contribution in [0.5, 0.6) is 0 Å². The molecule has 2 aliphatic rings. The minimum absolute atomic E-state index is 0.480. The van der Waals surface area contributed by atoms with Gasteiger partial charge < -0.3 is 10.1 Å². The van der Waals surface area contributed by atoms with E-state index >= 15 is 0 Å². The van der Waals surface area contributed by atoms with Gasteiger partial charge in [0.25, 0.3) is 0 Å². The lowest BCUT2D eigenvalue weighted by Crippen LogP contribution is -2.36. The van der Waals surface area contributed by atoms with E-state index in [9.17, 15) is 0 Å². The van der Waals surface area contributed by atoms with Crippen molar-refractivity contribution in [3.05, 3.63) is 0 Å². The van der Waals surface area contributed by atoms with Crippen LogP contribution in [0.4, 0.5) is 0 Å². The molecule has 1 saturated heterocycles. The Balaban J connectivity index is 1.56. The number of hydrogen-bond donors (Lipinski definition) is 1. The fraction of sp³-hybridized carbons (Fsp3) is 1.00. The molecule has 2 fully saturated rings. The van der Waals surface area contributed by atoms with Crippen LogP contribution in [-0.2, 0) is 4.74 Å². The summed E-state index contributed by atoms with van der Waals surface area (Å²) in [4.78, 5) is 2.53. The van der Waals surface area contributed by atoms with Gasteiger partial charge in [-0.2, -0.15) is 0 Å². The zero-order valence-electron chi connectivity index (χ0n) is 11.3. The van der Waals surface area contributed by atoms with Crippen LogP contribution in [0, 0.1) is 0 Å². The van der Waals surface area contributed by atoms with Gasteiger partial charge in [0.2, 0.25) is 0 Å². The van der Waals surface area contributed by atoms with E-state index in [1.165, 1.54) is 58.0 Å². The molecule has 1 N–H and O–H groups in total. The maximum absolute atomic E-state index is 5.39. The van der Waals surface area contributed by atoms with Crippen LogP contribution in [0.2, 0.25) is 0 Å². The molecule has 3 heteroatoms. The summed E-state index contributed by atoms with van der Waals surface area (Å²) in [5.41, 5.74) is 0. The lowest BCUT2D eigenvalue weighted by molar-refractivity contribution is 0.108. The predicted octanol–water partition coefficient (Wildman–Crippen LogP) is 2.02. The van der Waals surface area contributed by atoms with Crippen LogP contribution >= 0.6 is 0 Å². The summed E-state index contributed by atoms with van der Waals surface area (Å²) in [5.74, 6) is 0. The normalized spacial score (nSPS) is 28.4. The predicted molar refractivity (Wildman–Crippen MR) is 71.3 cm³/mol. The smallest absolute Gasteiger partial charge is 0.0710 e. The largest absolute Gasteiger partial charge is 0.380 e. The van der Waals surface area contributed by atoms with Crippen molar-refractivity contribution in [2.45, 2.75) is 57.1 Å². The van der Waals surface area contributed by atoms with Gasteiger partial charge in [0.15, 0.2) is 0 Å². The molecule has 0 radical (unpaired) electrons. The summed E-state index contributed by atoms with van der Waals surface area (Å²) in [6.07, 6.45) is 10.2. The number of hydrogen-bond acceptors (Lipinski definition) is 3. The van der Waals surface area contributed by atoms with E-state index in [0.717, 1.165) is 19.1 Å². The molecule has 100 valence electrons. The Morgan fingerprint density at radius 1 is 1.12 bits per heavy atom. The first-order valence-corrected chi connectivity index (χ1v) is 7.37. The van der Waals surface area contributed by atoms with Gasteiger partial charge in [0, 0.05) is 39.3 Å². The zero-order valence-corrected chi connectivity index (χ0v) is 11.3. The molecule has 1 aliphatic heterocycles. The molecule has 17 heavy (non-hydrogen) atoms. The quantitative estimate of drug-likeness (QED) is 0.744. The fourth-order valence-electron chi connectivity index (χ4n) is 3.10. The topological polar surface area (TPSA) is 24.5 Å². The average molecular weight is 240 g/mol. The van der Waals surface area contributed by atoms with Gasteiger partial charge in [-0.15, -0.1) is 0 Å². The van der Waals surface area contributed by atoms with E-state index in [0.29, 0.717) is 6.10 Å². The van der Waals surface area contributed by atoms with Crippen LogP contribution in [-0.4, -0.2) is 50.3 Å². The van der Waals surface area contributed by atoms with Crippen LogP contribution in [0.3, 0.4) is 0 Å². The first kappa shape index (κ1) is 13.3. The second-order valence-electron chi connectivity index (χ2n) is 5.59. The van der Waals surface area contributed by atoms with E-state index in [1.54, 1.807) is 0 Å². The molecule has 2 rings (SSSR count). The van der Waals surface area contributed by atoms with Crippen LogP contribution < -0.4 is 5.32 Å². The van der Waals surface area contributed by atoms with Crippen molar-refractivity contribution in [3.63, 3.8) is 0 Å². The average Bonchev–Trinajstić information content (AvgIpc) is 2.65. The Hall–Kier alpha value is -0.120. The Labute approximate surface area is 106 Å². The maximum Gasteiger partial charge on any atom is 0.0710 e. The molecule has 0 spiro atoms. The summed E-state index contributed by atoms with van der Waals surface area (Å²) in [6.45, 7) is 4.69. The van der Waals surface area contributed by atoms with E-state index in [2.05, 4.69) is 10.2 Å². The van der Waals surface area contributed by atoms with Crippen LogP contribution in [0.15, 0.2) is 0 Å².